The van der Waals surface area contributed by atoms with E-state index in [1.165, 1.54) is 0 Å². The van der Waals surface area contributed by atoms with Crippen molar-refractivity contribution in [1.29, 1.82) is 0 Å². The van der Waals surface area contributed by atoms with E-state index in [0.717, 1.165) is 0 Å². The van der Waals surface area contributed by atoms with Crippen molar-refractivity contribution >= 4 is 8.69 Å². The van der Waals surface area contributed by atoms with Gasteiger partial charge in [-0.15, -0.1) is 6.58 Å². The Bertz CT molecular complexity index is 94.6. The number of ether oxygens (including phenoxy) is 1. The molecule has 0 saturated carbocycles. The van der Waals surface area contributed by atoms with Gasteiger partial charge in [-0.25, -0.2) is 0 Å². The van der Waals surface area contributed by atoms with Gasteiger partial charge in [0.25, 0.3) is 0 Å². The van der Waals surface area contributed by atoms with E-state index in [0.29, 0.717) is 13.2 Å². The van der Waals surface area contributed by atoms with Gasteiger partial charge in [-0.05, 0) is 6.92 Å². The highest BCUT2D eigenvalue weighted by Gasteiger charge is 1.90. The number of rotatable bonds is 4. The molecule has 5 heteroatoms. The van der Waals surface area contributed by atoms with Gasteiger partial charge in [0.15, 0.2) is 8.69 Å². The topological polar surface area (TPSA) is 66.8 Å². The molecule has 0 bridgehead atoms. The number of aliphatic hydroxyl groups is 1. The maximum absolute atomic E-state index is 8.62. The lowest BCUT2D eigenvalue weighted by Gasteiger charge is -2.01. The molecule has 4 nitrogen and oxygen atoms in total. The zero-order chi connectivity index (χ0) is 9.11. The van der Waals surface area contributed by atoms with E-state index in [1.54, 1.807) is 13.0 Å². The van der Waals surface area contributed by atoms with Crippen molar-refractivity contribution < 1.29 is 19.3 Å². The maximum atomic E-state index is 8.62. The molecule has 0 rings (SSSR count). The smallest absolute Gasteiger partial charge is 0.177 e. The Morgan fingerprint density at radius 2 is 2.27 bits per heavy atom. The minimum atomic E-state index is -1.50. The lowest BCUT2D eigenvalue weighted by atomic mass is 10.4. The fourth-order valence-electron chi connectivity index (χ4n) is 0.322. The molecule has 0 fully saturated rings. The monoisotopic (exact) mass is 182 g/mol. The predicted molar refractivity (Wildman–Crippen MR) is 45.3 cm³/mol. The third kappa shape index (κ3) is 25.8. The van der Waals surface area contributed by atoms with Crippen LogP contribution in [0.3, 0.4) is 0 Å². The molecule has 0 aliphatic rings. The Kier molecular flexibility index (Phi) is 15.3. The highest BCUT2D eigenvalue weighted by Crippen LogP contribution is 1.81. The first-order valence-corrected chi connectivity index (χ1v) is 4.12. The van der Waals surface area contributed by atoms with Crippen LogP contribution in [0.25, 0.3) is 0 Å². The van der Waals surface area contributed by atoms with Gasteiger partial charge in [0.05, 0.1) is 19.3 Å². The van der Waals surface area contributed by atoms with Gasteiger partial charge >= 0.3 is 0 Å². The van der Waals surface area contributed by atoms with Crippen LogP contribution in [-0.4, -0.2) is 29.3 Å². The molecule has 2 N–H and O–H groups in total. The molecule has 0 aliphatic heterocycles. The SMILES string of the molecule is C=CCOCC(C)O.O=[PH2]O. The molecule has 11 heavy (non-hydrogen) atoms. The summed E-state index contributed by atoms with van der Waals surface area (Å²) in [7, 11) is -1.50. The summed E-state index contributed by atoms with van der Waals surface area (Å²) in [5, 5.41) is 8.62. The third-order valence-electron chi connectivity index (χ3n) is 0.595. The first-order chi connectivity index (χ1) is 5.18. The molecule has 0 aliphatic carbocycles. The average molecular weight is 182 g/mol. The fraction of sp³-hybridized carbons (Fsp3) is 0.667. The van der Waals surface area contributed by atoms with Gasteiger partial charge < -0.3 is 14.7 Å². The summed E-state index contributed by atoms with van der Waals surface area (Å²) < 4.78 is 13.4. The first-order valence-electron chi connectivity index (χ1n) is 3.13. The van der Waals surface area contributed by atoms with E-state index in [-0.39, 0.29) is 6.10 Å². The molecule has 0 spiro atoms. The molecule has 0 heterocycles. The van der Waals surface area contributed by atoms with Crippen LogP contribution in [0.4, 0.5) is 0 Å². The van der Waals surface area contributed by atoms with Gasteiger partial charge in [0.2, 0.25) is 0 Å². The van der Waals surface area contributed by atoms with E-state index in [2.05, 4.69) is 6.58 Å². The molecular formula is C6H15O4P. The van der Waals surface area contributed by atoms with Crippen LogP contribution in [0.15, 0.2) is 12.7 Å². The quantitative estimate of drug-likeness (QED) is 0.371. The van der Waals surface area contributed by atoms with Crippen LogP contribution < -0.4 is 0 Å². The van der Waals surface area contributed by atoms with Gasteiger partial charge in [-0.1, -0.05) is 6.08 Å². The van der Waals surface area contributed by atoms with Crippen molar-refractivity contribution in [3.05, 3.63) is 12.7 Å². The normalized spacial score (nSPS) is 12.3. The predicted octanol–water partition coefficient (Wildman–Crippen LogP) is 0.220. The number of aliphatic hydroxyl groups excluding tert-OH is 1. The van der Waals surface area contributed by atoms with Crippen molar-refractivity contribution in [2.45, 2.75) is 13.0 Å². The van der Waals surface area contributed by atoms with Crippen molar-refractivity contribution in [1.82, 2.24) is 0 Å². The summed E-state index contributed by atoms with van der Waals surface area (Å²) in [6, 6.07) is 0. The standard InChI is InChI=1S/C6H12O2.H3O2P/c1-3-4-8-5-6(2)7;1-3-2/h3,6-7H,1,4-5H2,2H3;3H2,(H,1,2). The lowest BCUT2D eigenvalue weighted by molar-refractivity contribution is 0.0599. The number of hydrogen-bond acceptors (Lipinski definition) is 3. The maximum Gasteiger partial charge on any atom is 0.177 e. The summed E-state index contributed by atoms with van der Waals surface area (Å²) >= 11 is 0. The van der Waals surface area contributed by atoms with Crippen LogP contribution in [0.1, 0.15) is 6.92 Å². The van der Waals surface area contributed by atoms with E-state index in [1.807, 2.05) is 0 Å². The molecule has 0 radical (unpaired) electrons. The summed E-state index contributed by atoms with van der Waals surface area (Å²) in [5.41, 5.74) is 0. The van der Waals surface area contributed by atoms with Gasteiger partial charge in [-0.3, -0.25) is 4.57 Å². The second-order valence-corrected chi connectivity index (χ2v) is 1.99. The zero-order valence-corrected chi connectivity index (χ0v) is 7.72. The summed E-state index contributed by atoms with van der Waals surface area (Å²) in [4.78, 5) is 7.10. The molecule has 0 aromatic heterocycles. The highest BCUT2D eigenvalue weighted by atomic mass is 31.1. The van der Waals surface area contributed by atoms with E-state index in [9.17, 15) is 0 Å². The summed E-state index contributed by atoms with van der Waals surface area (Å²) in [5.74, 6) is 0. The van der Waals surface area contributed by atoms with E-state index >= 15 is 0 Å². The van der Waals surface area contributed by atoms with Crippen molar-refractivity contribution in [3.63, 3.8) is 0 Å². The highest BCUT2D eigenvalue weighted by molar-refractivity contribution is 7.16. The van der Waals surface area contributed by atoms with Crippen LogP contribution >= 0.6 is 8.69 Å². The van der Waals surface area contributed by atoms with Gasteiger partial charge in [0.1, 0.15) is 0 Å². The van der Waals surface area contributed by atoms with Crippen LogP contribution in [0.2, 0.25) is 0 Å². The fourth-order valence-corrected chi connectivity index (χ4v) is 0.322. The average Bonchev–Trinajstić information content (AvgIpc) is 1.89. The van der Waals surface area contributed by atoms with E-state index < -0.39 is 8.69 Å². The summed E-state index contributed by atoms with van der Waals surface area (Å²) in [6.45, 7) is 6.05. The Morgan fingerprint density at radius 1 is 1.82 bits per heavy atom. The largest absolute Gasteiger partial charge is 0.391 e. The molecule has 0 aromatic carbocycles. The second kappa shape index (κ2) is 12.5. The molecule has 0 saturated heterocycles. The van der Waals surface area contributed by atoms with Crippen LogP contribution in [-0.2, 0) is 9.30 Å². The van der Waals surface area contributed by atoms with Gasteiger partial charge in [0, 0.05) is 0 Å². The Morgan fingerprint density at radius 3 is 2.55 bits per heavy atom. The first kappa shape index (κ1) is 13.4. The number of hydrogen-bond donors (Lipinski definition) is 2. The van der Waals surface area contributed by atoms with E-state index in [4.69, 9.17) is 19.3 Å². The third-order valence-corrected chi connectivity index (χ3v) is 0.595. The minimum absolute atomic E-state index is 0.366. The molecule has 2 unspecified atom stereocenters. The van der Waals surface area contributed by atoms with Crippen LogP contribution in [0.5, 0.6) is 0 Å². The Labute approximate surface area is 67.8 Å². The summed E-state index contributed by atoms with van der Waals surface area (Å²) in [6.07, 6.45) is 1.29. The molecule has 68 valence electrons. The van der Waals surface area contributed by atoms with Crippen molar-refractivity contribution in [2.24, 2.45) is 0 Å². The molecular weight excluding hydrogens is 167 g/mol. The van der Waals surface area contributed by atoms with Crippen LogP contribution in [0, 0.1) is 0 Å². The van der Waals surface area contributed by atoms with Crippen molar-refractivity contribution in [2.75, 3.05) is 13.2 Å². The molecule has 0 amide bonds. The van der Waals surface area contributed by atoms with Gasteiger partial charge in [-0.2, -0.15) is 0 Å². The molecule has 2 atom stereocenters. The zero-order valence-electron chi connectivity index (χ0n) is 6.56. The minimum Gasteiger partial charge on any atom is -0.391 e. The van der Waals surface area contributed by atoms with Crippen molar-refractivity contribution in [3.8, 4) is 0 Å². The lowest BCUT2D eigenvalue weighted by Crippen LogP contribution is -2.09. The Balaban J connectivity index is 0. The second-order valence-electron chi connectivity index (χ2n) is 1.78. The molecule has 0 aromatic rings. The Hall–Kier alpha value is -0.150.